The van der Waals surface area contributed by atoms with E-state index >= 15 is 0 Å². The van der Waals surface area contributed by atoms with Crippen LogP contribution in [0, 0.1) is 11.6 Å². The second-order valence-electron chi connectivity index (χ2n) is 7.65. The summed E-state index contributed by atoms with van der Waals surface area (Å²) in [5.41, 5.74) is 0.670. The lowest BCUT2D eigenvalue weighted by atomic mass is 9.65. The molecule has 6 nitrogen and oxygen atoms in total. The van der Waals surface area contributed by atoms with Gasteiger partial charge in [0.15, 0.2) is 0 Å². The van der Waals surface area contributed by atoms with Crippen LogP contribution in [0.25, 0.3) is 11.1 Å². The van der Waals surface area contributed by atoms with Crippen LogP contribution in [0.1, 0.15) is 18.5 Å². The molecule has 1 fully saturated rings. The predicted molar refractivity (Wildman–Crippen MR) is 110 cm³/mol. The van der Waals surface area contributed by atoms with Crippen LogP contribution in [0.3, 0.4) is 0 Å². The fraction of sp³-hybridized carbons (Fsp3) is 0.273. The standard InChI is InChI=1S/C22H20F3N5O/c1-30(13-31)16-4-5-18(24)17(7-16)14-10-27-21(28-11-14)29-12-22(8-15(23)9-22)20-19(25)3-2-6-26-20/h2-7,10-11,13,15H,8-9,12H2,1H3,(H,27,28,29)/t15-,22+. The van der Waals surface area contributed by atoms with Gasteiger partial charge in [0.2, 0.25) is 12.4 Å². The lowest BCUT2D eigenvalue weighted by molar-refractivity contribution is -0.107. The first kappa shape index (κ1) is 20.8. The number of hydrogen-bond acceptors (Lipinski definition) is 5. The molecule has 1 aliphatic rings. The number of anilines is 2. The highest BCUT2D eigenvalue weighted by atomic mass is 19.1. The van der Waals surface area contributed by atoms with Crippen LogP contribution in [0.5, 0.6) is 0 Å². The number of pyridine rings is 1. The molecule has 0 aliphatic heterocycles. The van der Waals surface area contributed by atoms with Gasteiger partial charge in [0.1, 0.15) is 17.8 Å². The van der Waals surface area contributed by atoms with Crippen molar-refractivity contribution in [2.24, 2.45) is 0 Å². The monoisotopic (exact) mass is 427 g/mol. The van der Waals surface area contributed by atoms with E-state index in [1.807, 2.05) is 0 Å². The van der Waals surface area contributed by atoms with Crippen molar-refractivity contribution in [1.29, 1.82) is 0 Å². The van der Waals surface area contributed by atoms with Crippen LogP contribution in [0.2, 0.25) is 0 Å². The van der Waals surface area contributed by atoms with Crippen molar-refractivity contribution in [3.05, 3.63) is 66.3 Å². The third kappa shape index (κ3) is 4.08. The summed E-state index contributed by atoms with van der Waals surface area (Å²) in [5.74, 6) is -0.688. The van der Waals surface area contributed by atoms with Gasteiger partial charge in [-0.2, -0.15) is 0 Å². The third-order valence-electron chi connectivity index (χ3n) is 5.55. The van der Waals surface area contributed by atoms with E-state index in [9.17, 15) is 18.0 Å². The molecule has 0 saturated heterocycles. The highest BCUT2D eigenvalue weighted by molar-refractivity contribution is 5.78. The Morgan fingerprint density at radius 3 is 2.55 bits per heavy atom. The maximum absolute atomic E-state index is 14.3. The zero-order valence-corrected chi connectivity index (χ0v) is 16.7. The van der Waals surface area contributed by atoms with E-state index in [2.05, 4.69) is 20.3 Å². The lowest BCUT2D eigenvalue weighted by Gasteiger charge is -2.43. The molecule has 0 atom stereocenters. The molecule has 31 heavy (non-hydrogen) atoms. The molecule has 0 spiro atoms. The van der Waals surface area contributed by atoms with E-state index in [0.717, 1.165) is 0 Å². The van der Waals surface area contributed by atoms with Crippen molar-refractivity contribution < 1.29 is 18.0 Å². The summed E-state index contributed by atoms with van der Waals surface area (Å²) in [6.07, 6.45) is 4.33. The summed E-state index contributed by atoms with van der Waals surface area (Å²) < 4.78 is 42.2. The minimum absolute atomic E-state index is 0.161. The topological polar surface area (TPSA) is 71.0 Å². The van der Waals surface area contributed by atoms with Crippen LogP contribution < -0.4 is 10.2 Å². The summed E-state index contributed by atoms with van der Waals surface area (Å²) in [7, 11) is 1.57. The van der Waals surface area contributed by atoms with Gasteiger partial charge in [0.05, 0.1) is 5.69 Å². The van der Waals surface area contributed by atoms with Crippen LogP contribution >= 0.6 is 0 Å². The zero-order chi connectivity index (χ0) is 22.0. The molecule has 160 valence electrons. The Labute approximate surface area is 177 Å². The van der Waals surface area contributed by atoms with Gasteiger partial charge in [-0.1, -0.05) is 0 Å². The largest absolute Gasteiger partial charge is 0.353 e. The fourth-order valence-electron chi connectivity index (χ4n) is 3.81. The maximum Gasteiger partial charge on any atom is 0.222 e. The van der Waals surface area contributed by atoms with E-state index in [-0.39, 0.29) is 36.6 Å². The van der Waals surface area contributed by atoms with Crippen LogP contribution in [0.4, 0.5) is 24.8 Å². The highest BCUT2D eigenvalue weighted by Gasteiger charge is 2.48. The molecule has 2 aromatic heterocycles. The number of hydrogen-bond donors (Lipinski definition) is 1. The molecule has 0 bridgehead atoms. The minimum atomic E-state index is -1.01. The second-order valence-corrected chi connectivity index (χ2v) is 7.65. The Morgan fingerprint density at radius 1 is 1.16 bits per heavy atom. The lowest BCUT2D eigenvalue weighted by Crippen LogP contribution is -2.49. The van der Waals surface area contributed by atoms with Crippen molar-refractivity contribution in [3.8, 4) is 11.1 Å². The van der Waals surface area contributed by atoms with Gasteiger partial charge in [-0.15, -0.1) is 0 Å². The van der Waals surface area contributed by atoms with Crippen LogP contribution in [-0.4, -0.2) is 41.1 Å². The number of alkyl halides is 1. The molecule has 9 heteroatoms. The van der Waals surface area contributed by atoms with Crippen molar-refractivity contribution in [3.63, 3.8) is 0 Å². The van der Waals surface area contributed by atoms with E-state index in [4.69, 9.17) is 0 Å². The van der Waals surface area contributed by atoms with Crippen molar-refractivity contribution in [2.45, 2.75) is 24.4 Å². The van der Waals surface area contributed by atoms with E-state index < -0.39 is 23.2 Å². The molecule has 0 radical (unpaired) electrons. The Bertz CT molecular complexity index is 1090. The molecule has 1 aliphatic carbocycles. The van der Waals surface area contributed by atoms with E-state index in [1.165, 1.54) is 53.8 Å². The Balaban J connectivity index is 1.52. The summed E-state index contributed by atoms with van der Waals surface area (Å²) in [4.78, 5) is 24.8. The minimum Gasteiger partial charge on any atom is -0.353 e. The molecule has 1 N–H and O–H groups in total. The number of carbonyl (C=O) groups is 1. The van der Waals surface area contributed by atoms with E-state index in [1.54, 1.807) is 7.05 Å². The fourth-order valence-corrected chi connectivity index (χ4v) is 3.81. The molecule has 0 unspecified atom stereocenters. The Morgan fingerprint density at radius 2 is 1.90 bits per heavy atom. The van der Waals surface area contributed by atoms with Gasteiger partial charge in [-0.05, 0) is 43.2 Å². The summed E-state index contributed by atoms with van der Waals surface area (Å²) >= 11 is 0. The first-order chi connectivity index (χ1) is 14.9. The molecule has 1 amide bonds. The number of halogens is 3. The number of aromatic nitrogens is 3. The van der Waals surface area contributed by atoms with Crippen LogP contribution in [0.15, 0.2) is 48.9 Å². The molecule has 4 rings (SSSR count). The van der Waals surface area contributed by atoms with Crippen LogP contribution in [-0.2, 0) is 10.2 Å². The van der Waals surface area contributed by atoms with Crippen molar-refractivity contribution in [1.82, 2.24) is 15.0 Å². The molecule has 2 heterocycles. The SMILES string of the molecule is CN(C=O)c1ccc(F)c(-c2cnc(NC[C@]3(c4ncccc4F)C[C@@H](F)C3)nc2)c1. The normalized spacial score (nSPS) is 20.1. The molecular formula is C22H20F3N5O. The molecule has 1 aromatic carbocycles. The Kier molecular flexibility index (Phi) is 5.58. The quantitative estimate of drug-likeness (QED) is 0.580. The number of benzene rings is 1. The molecule has 3 aromatic rings. The Hall–Kier alpha value is -3.49. The van der Waals surface area contributed by atoms with E-state index in [0.29, 0.717) is 17.7 Å². The number of nitrogens with one attached hydrogen (secondary N) is 1. The molecular weight excluding hydrogens is 407 g/mol. The van der Waals surface area contributed by atoms with Crippen molar-refractivity contribution in [2.75, 3.05) is 23.8 Å². The summed E-state index contributed by atoms with van der Waals surface area (Å²) in [6, 6.07) is 7.10. The maximum atomic E-state index is 14.3. The second kappa shape index (κ2) is 8.33. The zero-order valence-electron chi connectivity index (χ0n) is 16.7. The molecule has 1 saturated carbocycles. The first-order valence-electron chi connectivity index (χ1n) is 9.71. The van der Waals surface area contributed by atoms with Gasteiger partial charge in [-0.25, -0.2) is 23.1 Å². The van der Waals surface area contributed by atoms with Gasteiger partial charge >= 0.3 is 0 Å². The summed E-state index contributed by atoms with van der Waals surface area (Å²) in [5, 5.41) is 3.02. The number of amides is 1. The smallest absolute Gasteiger partial charge is 0.222 e. The van der Waals surface area contributed by atoms with Gasteiger partial charge in [-0.3, -0.25) is 9.78 Å². The first-order valence-corrected chi connectivity index (χ1v) is 9.71. The number of rotatable bonds is 7. The van der Waals surface area contributed by atoms with Crippen molar-refractivity contribution >= 4 is 18.0 Å². The summed E-state index contributed by atoms with van der Waals surface area (Å²) in [6.45, 7) is 0.217. The van der Waals surface area contributed by atoms with Gasteiger partial charge < -0.3 is 10.2 Å². The van der Waals surface area contributed by atoms with Gasteiger partial charge in [0.25, 0.3) is 0 Å². The number of nitrogens with zero attached hydrogens (tertiary/aromatic N) is 4. The average molecular weight is 427 g/mol. The predicted octanol–water partition coefficient (Wildman–Crippen LogP) is 3.89. The number of carbonyl (C=O) groups excluding carboxylic acids is 1. The highest BCUT2D eigenvalue weighted by Crippen LogP contribution is 2.45. The van der Waals surface area contributed by atoms with Gasteiger partial charge in [0, 0.05) is 54.4 Å². The average Bonchev–Trinajstić information content (AvgIpc) is 2.76. The third-order valence-corrected chi connectivity index (χ3v) is 5.55.